The molecular formula is C14H30N2. The normalized spacial score (nSPS) is 23.2. The van der Waals surface area contributed by atoms with Crippen molar-refractivity contribution in [3.8, 4) is 0 Å². The summed E-state index contributed by atoms with van der Waals surface area (Å²) in [6.45, 7) is 10.8. The smallest absolute Gasteiger partial charge is 0.00104 e. The highest BCUT2D eigenvalue weighted by atomic mass is 15.1. The molecule has 0 aliphatic carbocycles. The van der Waals surface area contributed by atoms with Gasteiger partial charge in [-0.25, -0.2) is 0 Å². The van der Waals surface area contributed by atoms with Gasteiger partial charge in [0.15, 0.2) is 0 Å². The lowest BCUT2D eigenvalue weighted by molar-refractivity contribution is 0.167. The van der Waals surface area contributed by atoms with Crippen LogP contribution in [-0.4, -0.2) is 30.6 Å². The van der Waals surface area contributed by atoms with Crippen molar-refractivity contribution in [2.45, 2.75) is 58.9 Å². The van der Waals surface area contributed by atoms with Crippen molar-refractivity contribution >= 4 is 0 Å². The summed E-state index contributed by atoms with van der Waals surface area (Å²) in [4.78, 5) is 2.65. The van der Waals surface area contributed by atoms with Crippen LogP contribution in [0, 0.1) is 11.8 Å². The van der Waals surface area contributed by atoms with Crippen LogP contribution in [0.1, 0.15) is 52.9 Å². The molecule has 0 spiro atoms. The average molecular weight is 226 g/mol. The molecule has 1 aliphatic rings. The van der Waals surface area contributed by atoms with Crippen molar-refractivity contribution in [3.05, 3.63) is 0 Å². The topological polar surface area (TPSA) is 29.3 Å². The Kier molecular flexibility index (Phi) is 6.37. The third-order valence-corrected chi connectivity index (χ3v) is 3.80. The van der Waals surface area contributed by atoms with Gasteiger partial charge >= 0.3 is 0 Å². The molecule has 0 radical (unpaired) electrons. The molecule has 1 aliphatic heterocycles. The fourth-order valence-electron chi connectivity index (χ4n) is 2.56. The maximum Gasteiger partial charge on any atom is 0.00104 e. The summed E-state index contributed by atoms with van der Waals surface area (Å²) >= 11 is 0. The van der Waals surface area contributed by atoms with Crippen LogP contribution in [0.15, 0.2) is 0 Å². The van der Waals surface area contributed by atoms with Gasteiger partial charge in [0, 0.05) is 12.6 Å². The van der Waals surface area contributed by atoms with E-state index in [1.54, 1.807) is 0 Å². The van der Waals surface area contributed by atoms with Crippen molar-refractivity contribution < 1.29 is 0 Å². The van der Waals surface area contributed by atoms with Gasteiger partial charge in [-0.15, -0.1) is 0 Å². The first kappa shape index (κ1) is 14.0. The minimum absolute atomic E-state index is 0.378. The lowest BCUT2D eigenvalue weighted by atomic mass is 9.96. The molecule has 1 heterocycles. The highest BCUT2D eigenvalue weighted by Crippen LogP contribution is 2.18. The van der Waals surface area contributed by atoms with Crippen LogP contribution in [0.2, 0.25) is 0 Å². The van der Waals surface area contributed by atoms with Crippen molar-refractivity contribution in [1.82, 2.24) is 4.90 Å². The van der Waals surface area contributed by atoms with Gasteiger partial charge in [-0.05, 0) is 57.5 Å². The molecule has 1 saturated heterocycles. The zero-order valence-corrected chi connectivity index (χ0v) is 11.4. The summed E-state index contributed by atoms with van der Waals surface area (Å²) in [7, 11) is 0. The van der Waals surface area contributed by atoms with Gasteiger partial charge in [-0.1, -0.05) is 20.3 Å². The minimum Gasteiger partial charge on any atom is -0.328 e. The van der Waals surface area contributed by atoms with Crippen LogP contribution in [0.5, 0.6) is 0 Å². The summed E-state index contributed by atoms with van der Waals surface area (Å²) < 4.78 is 0. The number of piperidine rings is 1. The summed E-state index contributed by atoms with van der Waals surface area (Å²) in [5, 5.41) is 0. The van der Waals surface area contributed by atoms with E-state index in [-0.39, 0.29) is 0 Å². The molecule has 16 heavy (non-hydrogen) atoms. The second kappa shape index (κ2) is 7.29. The highest BCUT2D eigenvalue weighted by molar-refractivity contribution is 4.71. The maximum absolute atomic E-state index is 5.77. The molecule has 2 nitrogen and oxygen atoms in total. The van der Waals surface area contributed by atoms with Crippen molar-refractivity contribution in [2.75, 3.05) is 19.6 Å². The Balaban J connectivity index is 2.07. The average Bonchev–Trinajstić information content (AvgIpc) is 2.21. The van der Waals surface area contributed by atoms with Gasteiger partial charge in [0.2, 0.25) is 0 Å². The standard InChI is InChI=1S/C14H30N2/c1-12-7-9-16(10-8-12)11-13(2)5-4-6-14(3)15/h12-14H,4-11,15H2,1-3H3. The van der Waals surface area contributed by atoms with E-state index in [9.17, 15) is 0 Å². The van der Waals surface area contributed by atoms with E-state index in [1.807, 2.05) is 0 Å². The van der Waals surface area contributed by atoms with Crippen molar-refractivity contribution in [1.29, 1.82) is 0 Å². The quantitative estimate of drug-likeness (QED) is 0.754. The van der Waals surface area contributed by atoms with Gasteiger partial charge < -0.3 is 10.6 Å². The number of hydrogen-bond acceptors (Lipinski definition) is 2. The zero-order valence-electron chi connectivity index (χ0n) is 11.4. The van der Waals surface area contributed by atoms with Crippen molar-refractivity contribution in [3.63, 3.8) is 0 Å². The molecule has 2 atom stereocenters. The number of likely N-dealkylation sites (tertiary alicyclic amines) is 1. The van der Waals surface area contributed by atoms with Crippen LogP contribution in [0.4, 0.5) is 0 Å². The maximum atomic E-state index is 5.77. The van der Waals surface area contributed by atoms with Crippen LogP contribution in [0.3, 0.4) is 0 Å². The van der Waals surface area contributed by atoms with Gasteiger partial charge in [-0.2, -0.15) is 0 Å². The van der Waals surface area contributed by atoms with E-state index in [0.29, 0.717) is 6.04 Å². The molecule has 96 valence electrons. The number of nitrogens with two attached hydrogens (primary N) is 1. The second-order valence-electron chi connectivity index (χ2n) is 6.00. The number of hydrogen-bond donors (Lipinski definition) is 1. The molecule has 2 unspecified atom stereocenters. The SMILES string of the molecule is CC(N)CCCC(C)CN1CCC(C)CC1. The lowest BCUT2D eigenvalue weighted by Gasteiger charge is -2.32. The van der Waals surface area contributed by atoms with Crippen LogP contribution >= 0.6 is 0 Å². The van der Waals surface area contributed by atoms with E-state index in [2.05, 4.69) is 25.7 Å². The minimum atomic E-state index is 0.378. The Hall–Kier alpha value is -0.0800. The lowest BCUT2D eigenvalue weighted by Crippen LogP contribution is -2.36. The van der Waals surface area contributed by atoms with Crippen LogP contribution < -0.4 is 5.73 Å². The number of rotatable bonds is 6. The largest absolute Gasteiger partial charge is 0.328 e. The van der Waals surface area contributed by atoms with Gasteiger partial charge in [0.1, 0.15) is 0 Å². The molecule has 0 aromatic heterocycles. The molecule has 0 aromatic carbocycles. The molecule has 0 amide bonds. The summed E-state index contributed by atoms with van der Waals surface area (Å²) in [5.41, 5.74) is 5.77. The third-order valence-electron chi connectivity index (χ3n) is 3.80. The fourth-order valence-corrected chi connectivity index (χ4v) is 2.56. The van der Waals surface area contributed by atoms with Gasteiger partial charge in [-0.3, -0.25) is 0 Å². The summed E-state index contributed by atoms with van der Waals surface area (Å²) in [6.07, 6.45) is 6.61. The molecule has 2 heteroatoms. The molecule has 0 saturated carbocycles. The van der Waals surface area contributed by atoms with Crippen LogP contribution in [0.25, 0.3) is 0 Å². The predicted molar refractivity (Wildman–Crippen MR) is 71.5 cm³/mol. The van der Waals surface area contributed by atoms with E-state index < -0.39 is 0 Å². The van der Waals surface area contributed by atoms with Crippen LogP contribution in [-0.2, 0) is 0 Å². The van der Waals surface area contributed by atoms with E-state index in [1.165, 1.54) is 51.7 Å². The van der Waals surface area contributed by atoms with E-state index >= 15 is 0 Å². The highest BCUT2D eigenvalue weighted by Gasteiger charge is 2.17. The third kappa shape index (κ3) is 5.86. The number of nitrogens with zero attached hydrogens (tertiary/aromatic N) is 1. The first-order valence-corrected chi connectivity index (χ1v) is 7.06. The molecule has 0 aromatic rings. The van der Waals surface area contributed by atoms with E-state index in [4.69, 9.17) is 5.73 Å². The molecule has 1 fully saturated rings. The Labute approximate surface area is 102 Å². The molecule has 0 bridgehead atoms. The van der Waals surface area contributed by atoms with Crippen molar-refractivity contribution in [2.24, 2.45) is 17.6 Å². The predicted octanol–water partition coefficient (Wildman–Crippen LogP) is 2.87. The summed E-state index contributed by atoms with van der Waals surface area (Å²) in [6, 6.07) is 0.378. The monoisotopic (exact) mass is 226 g/mol. The Morgan fingerprint density at radius 3 is 2.38 bits per heavy atom. The molecule has 2 N–H and O–H groups in total. The molecule has 1 rings (SSSR count). The van der Waals surface area contributed by atoms with Gasteiger partial charge in [0.25, 0.3) is 0 Å². The second-order valence-corrected chi connectivity index (χ2v) is 6.00. The summed E-state index contributed by atoms with van der Waals surface area (Å²) in [5.74, 6) is 1.79. The molecular weight excluding hydrogens is 196 g/mol. The first-order chi connectivity index (χ1) is 7.58. The Morgan fingerprint density at radius 1 is 1.19 bits per heavy atom. The Bertz CT molecular complexity index is 172. The Morgan fingerprint density at radius 2 is 1.81 bits per heavy atom. The fraction of sp³-hybridized carbons (Fsp3) is 1.00. The van der Waals surface area contributed by atoms with Gasteiger partial charge in [0.05, 0.1) is 0 Å². The van der Waals surface area contributed by atoms with E-state index in [0.717, 1.165) is 11.8 Å². The first-order valence-electron chi connectivity index (χ1n) is 7.06. The zero-order chi connectivity index (χ0) is 12.0.